The van der Waals surface area contributed by atoms with Crippen LogP contribution in [0.1, 0.15) is 12.5 Å². The number of rotatable bonds is 2. The summed E-state index contributed by atoms with van der Waals surface area (Å²) in [4.78, 5) is 19.8. The van der Waals surface area contributed by atoms with Crippen LogP contribution >= 0.6 is 0 Å². The fraction of sp³-hybridized carbons (Fsp3) is 0.538. The van der Waals surface area contributed by atoms with Crippen molar-refractivity contribution in [1.29, 1.82) is 0 Å². The van der Waals surface area contributed by atoms with E-state index in [1.54, 1.807) is 11.1 Å². The smallest absolute Gasteiger partial charge is 0.251 e. The summed E-state index contributed by atoms with van der Waals surface area (Å²) in [6.07, 6.45) is 0.895. The zero-order valence-corrected chi connectivity index (χ0v) is 10.8. The predicted octanol–water partition coefficient (Wildman–Crippen LogP) is 0.419. The molecule has 1 N–H and O–H groups in total. The van der Waals surface area contributed by atoms with E-state index < -0.39 is 6.10 Å². The number of aliphatic hydroxyl groups is 1. The Balaban J connectivity index is 1.96. The van der Waals surface area contributed by atoms with Crippen molar-refractivity contribution in [3.05, 3.63) is 23.9 Å². The summed E-state index contributed by atoms with van der Waals surface area (Å²) in [6.45, 7) is 6.34. The highest BCUT2D eigenvalue weighted by atomic mass is 16.3. The fourth-order valence-corrected chi connectivity index (χ4v) is 2.11. The molecule has 1 aromatic rings. The molecule has 0 unspecified atom stereocenters. The van der Waals surface area contributed by atoms with Crippen molar-refractivity contribution in [3.63, 3.8) is 0 Å². The lowest BCUT2D eigenvalue weighted by molar-refractivity contribution is -0.139. The number of aliphatic hydroxyl groups excluding tert-OH is 1. The van der Waals surface area contributed by atoms with Gasteiger partial charge in [-0.15, -0.1) is 0 Å². The van der Waals surface area contributed by atoms with Crippen molar-refractivity contribution in [2.24, 2.45) is 0 Å². The third kappa shape index (κ3) is 2.79. The third-order valence-corrected chi connectivity index (χ3v) is 3.17. The molecule has 98 valence electrons. The maximum Gasteiger partial charge on any atom is 0.251 e. The molecule has 0 saturated carbocycles. The number of piperazine rings is 1. The minimum atomic E-state index is -0.909. The van der Waals surface area contributed by atoms with E-state index in [9.17, 15) is 9.90 Å². The van der Waals surface area contributed by atoms with Crippen LogP contribution in [0.4, 0.5) is 5.82 Å². The molecule has 0 spiro atoms. The third-order valence-electron chi connectivity index (χ3n) is 3.17. The molecule has 18 heavy (non-hydrogen) atoms. The Bertz CT molecular complexity index is 426. The average Bonchev–Trinajstić information content (AvgIpc) is 2.38. The molecule has 5 heteroatoms. The number of amides is 1. The van der Waals surface area contributed by atoms with Crippen LogP contribution in [0.15, 0.2) is 18.3 Å². The van der Waals surface area contributed by atoms with Gasteiger partial charge >= 0.3 is 0 Å². The number of hydrogen-bond donors (Lipinski definition) is 1. The van der Waals surface area contributed by atoms with Gasteiger partial charge in [0.15, 0.2) is 0 Å². The number of pyridine rings is 1. The van der Waals surface area contributed by atoms with Crippen molar-refractivity contribution in [3.8, 4) is 0 Å². The van der Waals surface area contributed by atoms with Gasteiger partial charge in [0.05, 0.1) is 0 Å². The van der Waals surface area contributed by atoms with Crippen molar-refractivity contribution < 1.29 is 9.90 Å². The topological polar surface area (TPSA) is 56.7 Å². The molecule has 2 heterocycles. The Morgan fingerprint density at radius 2 is 2.06 bits per heavy atom. The van der Waals surface area contributed by atoms with Gasteiger partial charge in [-0.05, 0) is 31.5 Å². The standard InChI is InChI=1S/C13H19N3O2/c1-10-3-4-14-12(9-10)15-5-7-16(8-6-15)13(18)11(2)17/h3-4,9,11,17H,5-8H2,1-2H3/t11-/m1/s1. The fourth-order valence-electron chi connectivity index (χ4n) is 2.11. The highest BCUT2D eigenvalue weighted by Gasteiger charge is 2.24. The van der Waals surface area contributed by atoms with Gasteiger partial charge in [0.2, 0.25) is 0 Å². The van der Waals surface area contributed by atoms with Crippen LogP contribution in [-0.2, 0) is 4.79 Å². The second-order valence-electron chi connectivity index (χ2n) is 4.68. The summed E-state index contributed by atoms with van der Waals surface area (Å²) >= 11 is 0. The molecular formula is C13H19N3O2. The second kappa shape index (κ2) is 5.35. The van der Waals surface area contributed by atoms with Crippen LogP contribution in [0.5, 0.6) is 0 Å². The number of aryl methyl sites for hydroxylation is 1. The first-order valence-corrected chi connectivity index (χ1v) is 6.22. The first-order valence-electron chi connectivity index (χ1n) is 6.22. The molecule has 1 atom stereocenters. The Morgan fingerprint density at radius 3 is 2.61 bits per heavy atom. The van der Waals surface area contributed by atoms with Gasteiger partial charge in [0.25, 0.3) is 5.91 Å². The van der Waals surface area contributed by atoms with Crippen molar-refractivity contribution >= 4 is 11.7 Å². The Hall–Kier alpha value is -1.62. The van der Waals surface area contributed by atoms with E-state index in [-0.39, 0.29) is 5.91 Å². The monoisotopic (exact) mass is 249 g/mol. The van der Waals surface area contributed by atoms with E-state index in [1.165, 1.54) is 12.5 Å². The highest BCUT2D eigenvalue weighted by molar-refractivity contribution is 5.80. The molecule has 2 rings (SSSR count). The van der Waals surface area contributed by atoms with E-state index in [0.717, 1.165) is 18.9 Å². The molecule has 5 nitrogen and oxygen atoms in total. The van der Waals surface area contributed by atoms with E-state index in [2.05, 4.69) is 9.88 Å². The van der Waals surface area contributed by atoms with Gasteiger partial charge in [0.1, 0.15) is 11.9 Å². The number of carbonyl (C=O) groups is 1. The number of aromatic nitrogens is 1. The molecule has 1 aliphatic heterocycles. The van der Waals surface area contributed by atoms with Gasteiger partial charge in [0, 0.05) is 32.4 Å². The lowest BCUT2D eigenvalue weighted by Gasteiger charge is -2.36. The van der Waals surface area contributed by atoms with Crippen LogP contribution in [0.25, 0.3) is 0 Å². The summed E-state index contributed by atoms with van der Waals surface area (Å²) in [5.41, 5.74) is 1.18. The van der Waals surface area contributed by atoms with Gasteiger partial charge in [-0.2, -0.15) is 0 Å². The Morgan fingerprint density at radius 1 is 1.39 bits per heavy atom. The zero-order valence-electron chi connectivity index (χ0n) is 10.8. The summed E-state index contributed by atoms with van der Waals surface area (Å²) in [5.74, 6) is 0.769. The quantitative estimate of drug-likeness (QED) is 0.825. The lowest BCUT2D eigenvalue weighted by atomic mass is 10.2. The molecule has 1 amide bonds. The highest BCUT2D eigenvalue weighted by Crippen LogP contribution is 2.15. The minimum absolute atomic E-state index is 0.188. The number of hydrogen-bond acceptors (Lipinski definition) is 4. The van der Waals surface area contributed by atoms with Gasteiger partial charge in [-0.1, -0.05) is 0 Å². The van der Waals surface area contributed by atoms with Gasteiger partial charge in [-0.25, -0.2) is 4.98 Å². The van der Waals surface area contributed by atoms with Crippen molar-refractivity contribution in [2.75, 3.05) is 31.1 Å². The van der Waals surface area contributed by atoms with Crippen LogP contribution in [-0.4, -0.2) is 53.2 Å². The van der Waals surface area contributed by atoms with Gasteiger partial charge in [-0.3, -0.25) is 4.79 Å². The van der Waals surface area contributed by atoms with Crippen LogP contribution in [0.3, 0.4) is 0 Å². The van der Waals surface area contributed by atoms with E-state index in [4.69, 9.17) is 0 Å². The summed E-state index contributed by atoms with van der Waals surface area (Å²) in [7, 11) is 0. The molecule has 1 fully saturated rings. The molecule has 0 radical (unpaired) electrons. The average molecular weight is 249 g/mol. The van der Waals surface area contributed by atoms with Crippen LogP contribution in [0.2, 0.25) is 0 Å². The van der Waals surface area contributed by atoms with Gasteiger partial charge < -0.3 is 14.9 Å². The van der Waals surface area contributed by atoms with E-state index >= 15 is 0 Å². The molecule has 1 saturated heterocycles. The summed E-state index contributed by atoms with van der Waals surface area (Å²) < 4.78 is 0. The minimum Gasteiger partial charge on any atom is -0.384 e. The summed E-state index contributed by atoms with van der Waals surface area (Å²) in [6, 6.07) is 4.02. The molecule has 0 bridgehead atoms. The molecule has 1 aliphatic rings. The second-order valence-corrected chi connectivity index (χ2v) is 4.68. The first-order chi connectivity index (χ1) is 8.58. The van der Waals surface area contributed by atoms with E-state index in [1.807, 2.05) is 19.1 Å². The molecular weight excluding hydrogens is 230 g/mol. The number of anilines is 1. The van der Waals surface area contributed by atoms with Crippen molar-refractivity contribution in [1.82, 2.24) is 9.88 Å². The van der Waals surface area contributed by atoms with Crippen LogP contribution in [0, 0.1) is 6.92 Å². The van der Waals surface area contributed by atoms with E-state index in [0.29, 0.717) is 13.1 Å². The maximum absolute atomic E-state index is 11.6. The van der Waals surface area contributed by atoms with Crippen LogP contribution < -0.4 is 4.90 Å². The Labute approximate surface area is 107 Å². The SMILES string of the molecule is Cc1ccnc(N2CCN(C(=O)[C@@H](C)O)CC2)c1. The molecule has 0 aliphatic carbocycles. The Kier molecular flexibility index (Phi) is 3.81. The molecule has 0 aromatic carbocycles. The van der Waals surface area contributed by atoms with Crippen molar-refractivity contribution in [2.45, 2.75) is 20.0 Å². The lowest BCUT2D eigenvalue weighted by Crippen LogP contribution is -2.51. The number of nitrogens with zero attached hydrogens (tertiary/aromatic N) is 3. The predicted molar refractivity (Wildman–Crippen MR) is 69.4 cm³/mol. The normalized spacial score (nSPS) is 17.7. The summed E-state index contributed by atoms with van der Waals surface area (Å²) in [5, 5.41) is 9.28. The number of carbonyl (C=O) groups excluding carboxylic acids is 1. The maximum atomic E-state index is 11.6. The zero-order chi connectivity index (χ0) is 13.1. The molecule has 1 aromatic heterocycles. The largest absolute Gasteiger partial charge is 0.384 e. The first kappa shape index (κ1) is 12.8.